The molecule has 2 heteroatoms. The van der Waals surface area contributed by atoms with Gasteiger partial charge in [-0.25, -0.2) is 0 Å². The monoisotopic (exact) mass is 163 g/mol. The van der Waals surface area contributed by atoms with Crippen LogP contribution in [0.15, 0.2) is 24.3 Å². The molecule has 0 N–H and O–H groups in total. The van der Waals surface area contributed by atoms with Crippen LogP contribution in [0.4, 0.5) is 5.69 Å². The van der Waals surface area contributed by atoms with Crippen LogP contribution in [0, 0.1) is 6.92 Å². The predicted molar refractivity (Wildman–Crippen MR) is 50.3 cm³/mol. The number of carbonyl (C=O) groups excluding carboxylic acids is 1. The summed E-state index contributed by atoms with van der Waals surface area (Å²) in [4.78, 5) is 12.6. The van der Waals surface area contributed by atoms with Crippen molar-refractivity contribution < 1.29 is 4.79 Å². The van der Waals surface area contributed by atoms with Gasteiger partial charge in [0.15, 0.2) is 0 Å². The molecule has 2 nitrogen and oxygen atoms in total. The molecule has 0 heterocycles. The summed E-state index contributed by atoms with van der Waals surface area (Å²) in [6.45, 7) is 3.58. The second-order valence-corrected chi connectivity index (χ2v) is 2.91. The van der Waals surface area contributed by atoms with Crippen LogP contribution >= 0.6 is 0 Å². The Labute approximate surface area is 72.8 Å². The highest BCUT2D eigenvalue weighted by atomic mass is 16.2. The maximum Gasteiger partial charge on any atom is 0.223 e. The summed E-state index contributed by atoms with van der Waals surface area (Å²) in [5, 5.41) is 0. The van der Waals surface area contributed by atoms with E-state index in [-0.39, 0.29) is 5.91 Å². The normalized spacial score (nSPS) is 9.58. The number of carbonyl (C=O) groups is 1. The molecule has 0 radical (unpaired) electrons. The van der Waals surface area contributed by atoms with E-state index in [0.29, 0.717) is 0 Å². The lowest BCUT2D eigenvalue weighted by Gasteiger charge is -2.14. The van der Waals surface area contributed by atoms with Crippen molar-refractivity contribution in [2.45, 2.75) is 13.8 Å². The van der Waals surface area contributed by atoms with Crippen LogP contribution in [0.3, 0.4) is 0 Å². The Morgan fingerprint density at radius 3 is 2.17 bits per heavy atom. The molecule has 0 spiro atoms. The van der Waals surface area contributed by atoms with Gasteiger partial charge in [-0.3, -0.25) is 4.79 Å². The summed E-state index contributed by atoms with van der Waals surface area (Å²) in [7, 11) is 1.77. The van der Waals surface area contributed by atoms with Crippen LogP contribution in [0.5, 0.6) is 0 Å². The molecule has 64 valence electrons. The fourth-order valence-electron chi connectivity index (χ4n) is 0.950. The molecule has 1 aromatic rings. The number of rotatable bonds is 1. The molecule has 0 fully saturated rings. The first kappa shape index (κ1) is 8.78. The molecule has 0 aliphatic heterocycles. The van der Waals surface area contributed by atoms with E-state index in [2.05, 4.69) is 0 Å². The Morgan fingerprint density at radius 1 is 1.25 bits per heavy atom. The van der Waals surface area contributed by atoms with Crippen molar-refractivity contribution in [3.05, 3.63) is 29.8 Å². The summed E-state index contributed by atoms with van der Waals surface area (Å²) in [5.74, 6) is 0.0545. The molecule has 0 saturated carbocycles. The first-order chi connectivity index (χ1) is 5.61. The van der Waals surface area contributed by atoms with Crippen LogP contribution in [0.2, 0.25) is 0 Å². The molecule has 0 aliphatic carbocycles. The fourth-order valence-corrected chi connectivity index (χ4v) is 0.950. The summed E-state index contributed by atoms with van der Waals surface area (Å²) in [5.41, 5.74) is 2.14. The van der Waals surface area contributed by atoms with Gasteiger partial charge >= 0.3 is 0 Å². The number of amides is 1. The molecule has 0 aliphatic rings. The average molecular weight is 163 g/mol. The Morgan fingerprint density at radius 2 is 1.75 bits per heavy atom. The molecule has 12 heavy (non-hydrogen) atoms. The number of aryl methyl sites for hydroxylation is 1. The highest BCUT2D eigenvalue weighted by molar-refractivity contribution is 5.90. The highest BCUT2D eigenvalue weighted by Gasteiger charge is 2.03. The third kappa shape index (κ3) is 1.84. The number of nitrogens with zero attached hydrogens (tertiary/aromatic N) is 1. The van der Waals surface area contributed by atoms with Crippen molar-refractivity contribution in [2.75, 3.05) is 11.9 Å². The van der Waals surface area contributed by atoms with Crippen LogP contribution in [-0.2, 0) is 4.79 Å². The minimum atomic E-state index is 0.0545. The van der Waals surface area contributed by atoms with Crippen LogP contribution in [0.25, 0.3) is 0 Å². The molecule has 1 amide bonds. The van der Waals surface area contributed by atoms with Gasteiger partial charge in [0.05, 0.1) is 0 Å². The van der Waals surface area contributed by atoms with Gasteiger partial charge in [-0.2, -0.15) is 0 Å². The van der Waals surface area contributed by atoms with E-state index >= 15 is 0 Å². The van der Waals surface area contributed by atoms with E-state index in [0.717, 1.165) is 5.69 Å². The Kier molecular flexibility index (Phi) is 2.48. The number of hydrogen-bond acceptors (Lipinski definition) is 1. The predicted octanol–water partition coefficient (Wildman–Crippen LogP) is 1.98. The van der Waals surface area contributed by atoms with Gasteiger partial charge in [0.25, 0.3) is 0 Å². The highest BCUT2D eigenvalue weighted by Crippen LogP contribution is 2.12. The van der Waals surface area contributed by atoms with Gasteiger partial charge in [-0.05, 0) is 19.1 Å². The number of benzene rings is 1. The Hall–Kier alpha value is -1.31. The summed E-state index contributed by atoms with van der Waals surface area (Å²) < 4.78 is 0. The van der Waals surface area contributed by atoms with E-state index in [4.69, 9.17) is 0 Å². The minimum absolute atomic E-state index is 0.0545. The van der Waals surface area contributed by atoms with Crippen molar-refractivity contribution in [1.29, 1.82) is 0 Å². The summed E-state index contributed by atoms with van der Waals surface area (Å²) in [6, 6.07) is 7.87. The van der Waals surface area contributed by atoms with Gasteiger partial charge in [-0.15, -0.1) is 0 Å². The van der Waals surface area contributed by atoms with E-state index in [1.165, 1.54) is 5.56 Å². The molecular formula is C10H13NO. The lowest BCUT2D eigenvalue weighted by atomic mass is 10.2. The molecule has 1 rings (SSSR count). The fraction of sp³-hybridized carbons (Fsp3) is 0.300. The zero-order valence-electron chi connectivity index (χ0n) is 7.66. The lowest BCUT2D eigenvalue weighted by Crippen LogP contribution is -2.22. The van der Waals surface area contributed by atoms with Crippen LogP contribution in [0.1, 0.15) is 12.5 Å². The smallest absolute Gasteiger partial charge is 0.223 e. The topological polar surface area (TPSA) is 20.3 Å². The zero-order valence-corrected chi connectivity index (χ0v) is 7.66. The number of anilines is 1. The molecule has 0 saturated heterocycles. The van der Waals surface area contributed by atoms with Crippen molar-refractivity contribution in [3.8, 4) is 0 Å². The van der Waals surface area contributed by atoms with E-state index < -0.39 is 0 Å². The molecule has 1 aromatic carbocycles. The van der Waals surface area contributed by atoms with Gasteiger partial charge in [-0.1, -0.05) is 17.7 Å². The van der Waals surface area contributed by atoms with Crippen molar-refractivity contribution in [3.63, 3.8) is 0 Å². The van der Waals surface area contributed by atoms with E-state index in [9.17, 15) is 4.79 Å². The Bertz CT molecular complexity index is 276. The van der Waals surface area contributed by atoms with Gasteiger partial charge in [0.1, 0.15) is 0 Å². The van der Waals surface area contributed by atoms with Gasteiger partial charge < -0.3 is 4.90 Å². The lowest BCUT2D eigenvalue weighted by molar-refractivity contribution is -0.116. The largest absolute Gasteiger partial charge is 0.316 e. The third-order valence-corrected chi connectivity index (χ3v) is 1.89. The first-order valence-electron chi connectivity index (χ1n) is 3.92. The third-order valence-electron chi connectivity index (χ3n) is 1.89. The standard InChI is InChI=1S/C10H13NO/c1-8-4-6-10(7-5-8)11(3)9(2)12/h4-7H,1-3H3. The van der Waals surface area contributed by atoms with Gasteiger partial charge in [0.2, 0.25) is 5.91 Å². The van der Waals surface area contributed by atoms with Crippen molar-refractivity contribution >= 4 is 11.6 Å². The second kappa shape index (κ2) is 3.39. The molecule has 0 aromatic heterocycles. The maximum atomic E-state index is 11.0. The molecule has 0 unspecified atom stereocenters. The van der Waals surface area contributed by atoms with E-state index in [1.807, 2.05) is 31.2 Å². The van der Waals surface area contributed by atoms with Crippen LogP contribution in [-0.4, -0.2) is 13.0 Å². The number of hydrogen-bond donors (Lipinski definition) is 0. The molecule has 0 bridgehead atoms. The summed E-state index contributed by atoms with van der Waals surface area (Å²) in [6.07, 6.45) is 0. The summed E-state index contributed by atoms with van der Waals surface area (Å²) >= 11 is 0. The molecule has 0 atom stereocenters. The SMILES string of the molecule is CC(=O)N(C)c1ccc(C)cc1. The average Bonchev–Trinajstić information content (AvgIpc) is 2.04. The Balaban J connectivity index is 2.89. The van der Waals surface area contributed by atoms with Gasteiger partial charge in [0, 0.05) is 19.7 Å². The van der Waals surface area contributed by atoms with Crippen molar-refractivity contribution in [2.24, 2.45) is 0 Å². The van der Waals surface area contributed by atoms with E-state index in [1.54, 1.807) is 18.9 Å². The maximum absolute atomic E-state index is 11.0. The zero-order chi connectivity index (χ0) is 9.14. The van der Waals surface area contributed by atoms with Crippen molar-refractivity contribution in [1.82, 2.24) is 0 Å². The van der Waals surface area contributed by atoms with Crippen LogP contribution < -0.4 is 4.90 Å². The minimum Gasteiger partial charge on any atom is -0.316 e. The first-order valence-corrected chi connectivity index (χ1v) is 3.92. The molecular weight excluding hydrogens is 150 g/mol. The quantitative estimate of drug-likeness (QED) is 0.620. The second-order valence-electron chi connectivity index (χ2n) is 2.91.